The normalized spacial score (nSPS) is 23.9. The largest absolute Gasteiger partial charge is 0.480 e. The van der Waals surface area contributed by atoms with E-state index in [9.17, 15) is 9.90 Å². The van der Waals surface area contributed by atoms with Crippen molar-refractivity contribution in [3.8, 4) is 0 Å². The average molecular weight is 273 g/mol. The van der Waals surface area contributed by atoms with E-state index in [0.29, 0.717) is 5.92 Å². The smallest absolute Gasteiger partial charge is 0.326 e. The SMILES string of the molecule is CC1=CC(C)CC(C(Nc2ccc(C)cc2)C(=O)O)C1. The molecule has 20 heavy (non-hydrogen) atoms. The van der Waals surface area contributed by atoms with Crippen molar-refractivity contribution in [3.63, 3.8) is 0 Å². The molecule has 0 saturated heterocycles. The molecular formula is C17H23NO2. The number of carbonyl (C=O) groups is 1. The fraction of sp³-hybridized carbons (Fsp3) is 0.471. The highest BCUT2D eigenvalue weighted by atomic mass is 16.4. The number of benzene rings is 1. The number of hydrogen-bond acceptors (Lipinski definition) is 2. The number of allylic oxidation sites excluding steroid dienone is 2. The lowest BCUT2D eigenvalue weighted by atomic mass is 9.79. The molecule has 0 aliphatic heterocycles. The Labute approximate surface area is 120 Å². The van der Waals surface area contributed by atoms with Gasteiger partial charge in [-0.1, -0.05) is 36.3 Å². The van der Waals surface area contributed by atoms with Crippen LogP contribution < -0.4 is 5.32 Å². The zero-order valence-electron chi connectivity index (χ0n) is 12.4. The maximum Gasteiger partial charge on any atom is 0.326 e. The van der Waals surface area contributed by atoms with Gasteiger partial charge in [-0.15, -0.1) is 0 Å². The van der Waals surface area contributed by atoms with E-state index in [2.05, 4.69) is 25.2 Å². The monoisotopic (exact) mass is 273 g/mol. The van der Waals surface area contributed by atoms with Crippen LogP contribution in [-0.2, 0) is 4.79 Å². The van der Waals surface area contributed by atoms with Crippen LogP contribution in [-0.4, -0.2) is 17.1 Å². The molecule has 108 valence electrons. The molecule has 3 atom stereocenters. The van der Waals surface area contributed by atoms with Gasteiger partial charge in [-0.3, -0.25) is 0 Å². The van der Waals surface area contributed by atoms with Crippen molar-refractivity contribution in [1.82, 2.24) is 0 Å². The van der Waals surface area contributed by atoms with Crippen LogP contribution in [0, 0.1) is 18.8 Å². The highest BCUT2D eigenvalue weighted by molar-refractivity contribution is 5.77. The van der Waals surface area contributed by atoms with Crippen molar-refractivity contribution >= 4 is 11.7 Å². The first-order valence-corrected chi connectivity index (χ1v) is 7.19. The quantitative estimate of drug-likeness (QED) is 0.819. The Kier molecular flexibility index (Phi) is 4.48. The van der Waals surface area contributed by atoms with E-state index in [1.165, 1.54) is 11.1 Å². The summed E-state index contributed by atoms with van der Waals surface area (Å²) < 4.78 is 0. The summed E-state index contributed by atoms with van der Waals surface area (Å²) in [6.07, 6.45) is 4.04. The Morgan fingerprint density at radius 2 is 1.95 bits per heavy atom. The van der Waals surface area contributed by atoms with Crippen molar-refractivity contribution in [2.75, 3.05) is 5.32 Å². The Morgan fingerprint density at radius 1 is 1.30 bits per heavy atom. The van der Waals surface area contributed by atoms with Crippen molar-refractivity contribution in [2.45, 2.75) is 39.7 Å². The van der Waals surface area contributed by atoms with E-state index in [1.54, 1.807) is 0 Å². The first kappa shape index (κ1) is 14.6. The molecule has 0 bridgehead atoms. The maximum atomic E-state index is 11.6. The lowest BCUT2D eigenvalue weighted by Crippen LogP contribution is -2.38. The van der Waals surface area contributed by atoms with E-state index in [-0.39, 0.29) is 5.92 Å². The third-order valence-electron chi connectivity index (χ3n) is 3.94. The van der Waals surface area contributed by atoms with Crippen LogP contribution in [0.4, 0.5) is 5.69 Å². The Bertz CT molecular complexity index is 504. The molecule has 1 aromatic carbocycles. The number of aliphatic carboxylic acids is 1. The van der Waals surface area contributed by atoms with Gasteiger partial charge in [-0.25, -0.2) is 4.79 Å². The molecule has 3 unspecified atom stereocenters. The summed E-state index contributed by atoms with van der Waals surface area (Å²) in [7, 11) is 0. The first-order chi connectivity index (χ1) is 9.45. The fourth-order valence-corrected chi connectivity index (χ4v) is 3.06. The van der Waals surface area contributed by atoms with E-state index in [4.69, 9.17) is 0 Å². The van der Waals surface area contributed by atoms with Gasteiger partial charge in [-0.05, 0) is 50.7 Å². The molecule has 0 aromatic heterocycles. The number of anilines is 1. The molecule has 3 nitrogen and oxygen atoms in total. The first-order valence-electron chi connectivity index (χ1n) is 7.19. The van der Waals surface area contributed by atoms with Gasteiger partial charge in [-0.2, -0.15) is 0 Å². The van der Waals surface area contributed by atoms with Gasteiger partial charge >= 0.3 is 5.97 Å². The predicted molar refractivity (Wildman–Crippen MR) is 81.9 cm³/mol. The third kappa shape index (κ3) is 3.62. The second-order valence-corrected chi connectivity index (χ2v) is 6.02. The van der Waals surface area contributed by atoms with Gasteiger partial charge in [0.05, 0.1) is 0 Å². The summed E-state index contributed by atoms with van der Waals surface area (Å²) in [6, 6.07) is 7.36. The standard InChI is InChI=1S/C17H23NO2/c1-11-4-6-15(7-5-11)18-16(17(19)20)14-9-12(2)8-13(3)10-14/h4-8,12,14,16,18H,9-10H2,1-3H3,(H,19,20). The zero-order valence-corrected chi connectivity index (χ0v) is 12.4. The van der Waals surface area contributed by atoms with Crippen LogP contribution >= 0.6 is 0 Å². The molecule has 2 rings (SSSR count). The summed E-state index contributed by atoms with van der Waals surface area (Å²) in [5.41, 5.74) is 3.35. The number of carboxylic acid groups (broad SMARTS) is 1. The third-order valence-corrected chi connectivity index (χ3v) is 3.94. The van der Waals surface area contributed by atoms with Crippen LogP contribution in [0.1, 0.15) is 32.3 Å². The summed E-state index contributed by atoms with van der Waals surface area (Å²) in [6.45, 7) is 6.27. The number of aryl methyl sites for hydroxylation is 1. The van der Waals surface area contributed by atoms with E-state index in [0.717, 1.165) is 18.5 Å². The minimum atomic E-state index is -0.766. The van der Waals surface area contributed by atoms with Crippen molar-refractivity contribution < 1.29 is 9.90 Å². The molecule has 0 radical (unpaired) electrons. The Morgan fingerprint density at radius 3 is 2.50 bits per heavy atom. The van der Waals surface area contributed by atoms with Crippen LogP contribution in [0.3, 0.4) is 0 Å². The Balaban J connectivity index is 2.13. The van der Waals surface area contributed by atoms with Gasteiger partial charge in [0, 0.05) is 5.69 Å². The van der Waals surface area contributed by atoms with Gasteiger partial charge in [0.15, 0.2) is 0 Å². The minimum absolute atomic E-state index is 0.147. The van der Waals surface area contributed by atoms with Crippen LogP contribution in [0.25, 0.3) is 0 Å². The van der Waals surface area contributed by atoms with Gasteiger partial charge in [0.1, 0.15) is 6.04 Å². The predicted octanol–water partition coefficient (Wildman–Crippen LogP) is 3.85. The topological polar surface area (TPSA) is 49.3 Å². The second-order valence-electron chi connectivity index (χ2n) is 6.02. The molecule has 1 aliphatic carbocycles. The van der Waals surface area contributed by atoms with E-state index < -0.39 is 12.0 Å². The fourth-order valence-electron chi connectivity index (χ4n) is 3.06. The van der Waals surface area contributed by atoms with E-state index in [1.807, 2.05) is 31.2 Å². The average Bonchev–Trinajstić information content (AvgIpc) is 2.36. The minimum Gasteiger partial charge on any atom is -0.480 e. The van der Waals surface area contributed by atoms with Crippen LogP contribution in [0.15, 0.2) is 35.9 Å². The summed E-state index contributed by atoms with van der Waals surface area (Å²) >= 11 is 0. The molecule has 0 spiro atoms. The molecule has 3 heteroatoms. The van der Waals surface area contributed by atoms with Crippen molar-refractivity contribution in [1.29, 1.82) is 0 Å². The molecule has 0 saturated carbocycles. The van der Waals surface area contributed by atoms with Crippen molar-refractivity contribution in [2.24, 2.45) is 11.8 Å². The molecule has 0 fully saturated rings. The van der Waals surface area contributed by atoms with Gasteiger partial charge in [0.2, 0.25) is 0 Å². The maximum absolute atomic E-state index is 11.6. The molecular weight excluding hydrogens is 250 g/mol. The van der Waals surface area contributed by atoms with Gasteiger partial charge in [0.25, 0.3) is 0 Å². The molecule has 1 aromatic rings. The number of nitrogens with one attached hydrogen (secondary N) is 1. The molecule has 0 heterocycles. The molecule has 2 N–H and O–H groups in total. The second kappa shape index (κ2) is 6.12. The van der Waals surface area contributed by atoms with Crippen LogP contribution in [0.5, 0.6) is 0 Å². The molecule has 1 aliphatic rings. The van der Waals surface area contributed by atoms with E-state index >= 15 is 0 Å². The van der Waals surface area contributed by atoms with Crippen molar-refractivity contribution in [3.05, 3.63) is 41.5 Å². The lowest BCUT2D eigenvalue weighted by molar-refractivity contribution is -0.139. The lowest BCUT2D eigenvalue weighted by Gasteiger charge is -2.31. The van der Waals surface area contributed by atoms with Gasteiger partial charge < -0.3 is 10.4 Å². The number of rotatable bonds is 4. The Hall–Kier alpha value is -1.77. The summed E-state index contributed by atoms with van der Waals surface area (Å²) in [5, 5.41) is 12.7. The number of hydrogen-bond donors (Lipinski definition) is 2. The highest BCUT2D eigenvalue weighted by Gasteiger charge is 2.31. The highest BCUT2D eigenvalue weighted by Crippen LogP contribution is 2.31. The summed E-state index contributed by atoms with van der Waals surface area (Å²) in [4.78, 5) is 11.6. The van der Waals surface area contributed by atoms with Crippen LogP contribution in [0.2, 0.25) is 0 Å². The molecule has 0 amide bonds. The zero-order chi connectivity index (χ0) is 14.7. The number of carboxylic acids is 1. The summed E-state index contributed by atoms with van der Waals surface area (Å²) in [5.74, 6) is -0.165.